The van der Waals surface area contributed by atoms with Gasteiger partial charge in [-0.05, 0) is 42.7 Å². The van der Waals surface area contributed by atoms with Crippen LogP contribution in [-0.4, -0.2) is 43.4 Å². The summed E-state index contributed by atoms with van der Waals surface area (Å²) in [4.78, 5) is 15.6. The number of nitrogens with zero attached hydrogens (tertiary/aromatic N) is 1. The Balaban J connectivity index is 1.68. The number of hydrogen-bond acceptors (Lipinski definition) is 5. The molecule has 33 heavy (non-hydrogen) atoms. The first-order chi connectivity index (χ1) is 15.7. The molecule has 1 unspecified atom stereocenters. The Morgan fingerprint density at radius 1 is 1.18 bits per heavy atom. The van der Waals surface area contributed by atoms with E-state index in [0.717, 1.165) is 17.7 Å². The third-order valence-electron chi connectivity index (χ3n) is 5.50. The van der Waals surface area contributed by atoms with E-state index < -0.39 is 15.9 Å². The van der Waals surface area contributed by atoms with Gasteiger partial charge in [0.15, 0.2) is 9.84 Å². The largest absolute Gasteiger partial charge is 0.494 e. The van der Waals surface area contributed by atoms with Gasteiger partial charge < -0.3 is 9.64 Å². The zero-order valence-electron chi connectivity index (χ0n) is 17.8. The molecule has 0 saturated carbocycles. The number of hydrogen-bond donors (Lipinski definition) is 0. The molecule has 1 atom stereocenters. The van der Waals surface area contributed by atoms with Crippen LogP contribution in [0.3, 0.4) is 0 Å². The van der Waals surface area contributed by atoms with E-state index in [1.54, 1.807) is 17.0 Å². The molecule has 1 aliphatic heterocycles. The second-order valence-electron chi connectivity index (χ2n) is 7.99. The zero-order valence-corrected chi connectivity index (χ0v) is 21.7. The quantitative estimate of drug-likeness (QED) is 0.340. The number of halogens is 3. The predicted molar refractivity (Wildman–Crippen MR) is 136 cm³/mol. The lowest BCUT2D eigenvalue weighted by Gasteiger charge is -2.28. The standard InChI is InChI=1S/C23H22Cl3NO4S2/c1-2-8-31-17-5-3-14(4-6-17)12-27(16-7-9-33(29,30)13-16)23(28)22-21(26)20-18(25)10-15(24)11-19(20)32-22/h3-6,10-11,16H,2,7-9,12-13H2,1H3. The van der Waals surface area contributed by atoms with E-state index in [4.69, 9.17) is 39.5 Å². The van der Waals surface area contributed by atoms with Gasteiger partial charge in [-0.15, -0.1) is 11.3 Å². The third-order valence-corrected chi connectivity index (χ3v) is 9.38. The lowest BCUT2D eigenvalue weighted by atomic mass is 10.1. The molecule has 1 saturated heterocycles. The number of fused-ring (bicyclic) bond motifs is 1. The molecule has 1 aromatic heterocycles. The van der Waals surface area contributed by atoms with Crippen molar-refractivity contribution in [3.8, 4) is 5.75 Å². The van der Waals surface area contributed by atoms with Crippen LogP contribution < -0.4 is 4.74 Å². The maximum absolute atomic E-state index is 13.7. The summed E-state index contributed by atoms with van der Waals surface area (Å²) < 4.78 is 30.7. The van der Waals surface area contributed by atoms with Gasteiger partial charge in [-0.1, -0.05) is 53.9 Å². The van der Waals surface area contributed by atoms with Crippen molar-refractivity contribution in [2.24, 2.45) is 0 Å². The van der Waals surface area contributed by atoms with E-state index in [2.05, 4.69) is 0 Å². The van der Waals surface area contributed by atoms with Crippen molar-refractivity contribution in [3.05, 3.63) is 61.9 Å². The van der Waals surface area contributed by atoms with Crippen LogP contribution in [0.25, 0.3) is 10.1 Å². The Hall–Kier alpha value is -1.51. The van der Waals surface area contributed by atoms with Crippen molar-refractivity contribution < 1.29 is 17.9 Å². The van der Waals surface area contributed by atoms with Crippen LogP contribution in [0.5, 0.6) is 5.75 Å². The summed E-state index contributed by atoms with van der Waals surface area (Å²) in [5, 5.41) is 1.66. The van der Waals surface area contributed by atoms with Crippen LogP contribution in [0.15, 0.2) is 36.4 Å². The molecule has 4 rings (SSSR count). The fourth-order valence-corrected chi connectivity index (χ4v) is 7.94. The minimum atomic E-state index is -3.19. The summed E-state index contributed by atoms with van der Waals surface area (Å²) in [6.45, 7) is 2.92. The van der Waals surface area contributed by atoms with Gasteiger partial charge in [0.1, 0.15) is 10.6 Å². The highest BCUT2D eigenvalue weighted by molar-refractivity contribution is 7.91. The smallest absolute Gasteiger partial charge is 0.266 e. The van der Waals surface area contributed by atoms with Crippen LogP contribution in [0.4, 0.5) is 0 Å². The number of ether oxygens (including phenoxy) is 1. The van der Waals surface area contributed by atoms with Gasteiger partial charge in [-0.3, -0.25) is 4.79 Å². The van der Waals surface area contributed by atoms with Gasteiger partial charge in [0, 0.05) is 27.7 Å². The molecule has 1 fully saturated rings. The number of amides is 1. The summed E-state index contributed by atoms with van der Waals surface area (Å²) in [6.07, 6.45) is 1.30. The van der Waals surface area contributed by atoms with Gasteiger partial charge in [0.25, 0.3) is 5.91 Å². The normalized spacial score (nSPS) is 17.4. The Kier molecular flexibility index (Phi) is 7.46. The molecule has 0 N–H and O–H groups in total. The van der Waals surface area contributed by atoms with Gasteiger partial charge in [0.05, 0.1) is 28.2 Å². The second kappa shape index (κ2) is 10.0. The van der Waals surface area contributed by atoms with Crippen molar-refractivity contribution >= 4 is 72.0 Å². The Labute approximate surface area is 212 Å². The fourth-order valence-electron chi connectivity index (χ4n) is 3.88. The van der Waals surface area contributed by atoms with Crippen LogP contribution in [0.2, 0.25) is 15.1 Å². The third kappa shape index (κ3) is 5.43. The van der Waals surface area contributed by atoms with Crippen LogP contribution in [-0.2, 0) is 16.4 Å². The number of benzene rings is 2. The lowest BCUT2D eigenvalue weighted by molar-refractivity contribution is 0.0686. The molecule has 0 aliphatic carbocycles. The van der Waals surface area contributed by atoms with Gasteiger partial charge >= 0.3 is 0 Å². The van der Waals surface area contributed by atoms with Crippen molar-refractivity contribution in [3.63, 3.8) is 0 Å². The zero-order chi connectivity index (χ0) is 23.8. The minimum absolute atomic E-state index is 0.0623. The molecule has 2 aromatic carbocycles. The summed E-state index contributed by atoms with van der Waals surface area (Å²) in [5.74, 6) is 0.432. The van der Waals surface area contributed by atoms with Gasteiger partial charge in [0.2, 0.25) is 0 Å². The van der Waals surface area contributed by atoms with Crippen LogP contribution >= 0.6 is 46.1 Å². The highest BCUT2D eigenvalue weighted by Gasteiger charge is 2.36. The van der Waals surface area contributed by atoms with Crippen LogP contribution in [0, 0.1) is 0 Å². The molecular formula is C23H22Cl3NO4S2. The van der Waals surface area contributed by atoms with E-state index >= 15 is 0 Å². The Morgan fingerprint density at radius 2 is 1.91 bits per heavy atom. The molecule has 0 radical (unpaired) electrons. The average molecular weight is 547 g/mol. The Morgan fingerprint density at radius 3 is 2.55 bits per heavy atom. The molecule has 10 heteroatoms. The number of carbonyl (C=O) groups is 1. The highest BCUT2D eigenvalue weighted by atomic mass is 35.5. The first-order valence-electron chi connectivity index (χ1n) is 10.5. The van der Waals surface area contributed by atoms with E-state index in [-0.39, 0.29) is 29.0 Å². The van der Waals surface area contributed by atoms with Gasteiger partial charge in [-0.2, -0.15) is 0 Å². The van der Waals surface area contributed by atoms with Crippen molar-refractivity contribution in [2.75, 3.05) is 18.1 Å². The number of rotatable bonds is 7. The SMILES string of the molecule is CCCOc1ccc(CN(C(=O)c2sc3cc(Cl)cc(Cl)c3c2Cl)C2CCS(=O)(=O)C2)cc1. The monoisotopic (exact) mass is 545 g/mol. The van der Waals surface area contributed by atoms with Crippen molar-refractivity contribution in [2.45, 2.75) is 32.4 Å². The topological polar surface area (TPSA) is 63.7 Å². The summed E-state index contributed by atoms with van der Waals surface area (Å²) in [6, 6.07) is 10.4. The first-order valence-corrected chi connectivity index (χ1v) is 14.3. The predicted octanol–water partition coefficient (Wildman–Crippen LogP) is 6.48. The minimum Gasteiger partial charge on any atom is -0.494 e. The molecule has 1 amide bonds. The fraction of sp³-hybridized carbons (Fsp3) is 0.348. The molecular weight excluding hydrogens is 525 g/mol. The number of thiophene rings is 1. The Bertz CT molecular complexity index is 1290. The van der Waals surface area contributed by atoms with Crippen LogP contribution in [0.1, 0.15) is 35.0 Å². The molecule has 1 aliphatic rings. The molecule has 0 bridgehead atoms. The van der Waals surface area contributed by atoms with E-state index in [1.165, 1.54) is 11.3 Å². The maximum Gasteiger partial charge on any atom is 0.266 e. The molecule has 3 aromatic rings. The lowest BCUT2D eigenvalue weighted by Crippen LogP contribution is -2.40. The van der Waals surface area contributed by atoms with E-state index in [0.29, 0.717) is 38.0 Å². The maximum atomic E-state index is 13.7. The van der Waals surface area contributed by atoms with E-state index in [1.807, 2.05) is 31.2 Å². The average Bonchev–Trinajstić information content (AvgIpc) is 3.29. The van der Waals surface area contributed by atoms with E-state index in [9.17, 15) is 13.2 Å². The molecule has 2 heterocycles. The summed E-state index contributed by atoms with van der Waals surface area (Å²) in [7, 11) is -3.19. The summed E-state index contributed by atoms with van der Waals surface area (Å²) >= 11 is 20.3. The second-order valence-corrected chi connectivity index (χ2v) is 12.5. The molecule has 0 spiro atoms. The number of sulfone groups is 1. The number of carbonyl (C=O) groups excluding carboxylic acids is 1. The highest BCUT2D eigenvalue weighted by Crippen LogP contribution is 2.42. The van der Waals surface area contributed by atoms with Gasteiger partial charge in [-0.25, -0.2) is 8.42 Å². The molecule has 176 valence electrons. The van der Waals surface area contributed by atoms with Crippen molar-refractivity contribution in [1.29, 1.82) is 0 Å². The molecule has 5 nitrogen and oxygen atoms in total. The first kappa shape index (κ1) is 24.6. The summed E-state index contributed by atoms with van der Waals surface area (Å²) in [5.41, 5.74) is 0.870. The van der Waals surface area contributed by atoms with Crippen molar-refractivity contribution in [1.82, 2.24) is 4.90 Å².